The SMILES string of the molecule is O=C1Nc2ncccc2CN1c1ccc(CN2CCCC2)cc1. The van der Waals surface area contributed by atoms with E-state index in [0.29, 0.717) is 12.4 Å². The maximum Gasteiger partial charge on any atom is 0.327 e. The van der Waals surface area contributed by atoms with E-state index in [9.17, 15) is 4.79 Å². The lowest BCUT2D eigenvalue weighted by molar-refractivity contribution is 0.256. The summed E-state index contributed by atoms with van der Waals surface area (Å²) >= 11 is 0. The molecule has 0 radical (unpaired) electrons. The van der Waals surface area contributed by atoms with Crippen LogP contribution < -0.4 is 10.2 Å². The lowest BCUT2D eigenvalue weighted by Gasteiger charge is -2.28. The summed E-state index contributed by atoms with van der Waals surface area (Å²) in [6.45, 7) is 3.94. The van der Waals surface area contributed by atoms with Gasteiger partial charge in [0.2, 0.25) is 0 Å². The lowest BCUT2D eigenvalue weighted by Crippen LogP contribution is -2.39. The zero-order chi connectivity index (χ0) is 15.6. The number of urea groups is 1. The van der Waals surface area contributed by atoms with Crippen LogP contribution in [0.25, 0.3) is 0 Å². The number of rotatable bonds is 3. The lowest BCUT2D eigenvalue weighted by atomic mass is 10.1. The molecule has 23 heavy (non-hydrogen) atoms. The van der Waals surface area contributed by atoms with Gasteiger partial charge in [0.25, 0.3) is 0 Å². The Kier molecular flexibility index (Phi) is 3.71. The molecule has 3 heterocycles. The fourth-order valence-electron chi connectivity index (χ4n) is 3.28. The molecule has 1 aromatic carbocycles. The van der Waals surface area contributed by atoms with Crippen molar-refractivity contribution in [3.05, 3.63) is 53.7 Å². The van der Waals surface area contributed by atoms with Crippen molar-refractivity contribution >= 4 is 17.5 Å². The van der Waals surface area contributed by atoms with Gasteiger partial charge in [0.1, 0.15) is 5.82 Å². The van der Waals surface area contributed by atoms with Crippen molar-refractivity contribution in [2.24, 2.45) is 0 Å². The average molecular weight is 308 g/mol. The minimum Gasteiger partial charge on any atom is -0.299 e. The molecule has 0 unspecified atom stereocenters. The first-order valence-corrected chi connectivity index (χ1v) is 8.13. The van der Waals surface area contributed by atoms with Crippen LogP contribution in [0.15, 0.2) is 42.6 Å². The Balaban J connectivity index is 1.50. The van der Waals surface area contributed by atoms with Crippen molar-refractivity contribution in [1.29, 1.82) is 0 Å². The molecule has 0 bridgehead atoms. The maximum absolute atomic E-state index is 12.3. The summed E-state index contributed by atoms with van der Waals surface area (Å²) in [5.74, 6) is 0.666. The zero-order valence-corrected chi connectivity index (χ0v) is 13.0. The van der Waals surface area contributed by atoms with Gasteiger partial charge in [-0.15, -0.1) is 0 Å². The molecule has 0 aliphatic carbocycles. The number of pyridine rings is 1. The van der Waals surface area contributed by atoms with Crippen LogP contribution in [0.3, 0.4) is 0 Å². The number of likely N-dealkylation sites (tertiary alicyclic amines) is 1. The van der Waals surface area contributed by atoms with Gasteiger partial charge in [0.15, 0.2) is 0 Å². The van der Waals surface area contributed by atoms with Crippen molar-refractivity contribution in [1.82, 2.24) is 9.88 Å². The van der Waals surface area contributed by atoms with Crippen molar-refractivity contribution in [2.75, 3.05) is 23.3 Å². The van der Waals surface area contributed by atoms with Crippen molar-refractivity contribution in [2.45, 2.75) is 25.9 Å². The predicted octanol–water partition coefficient (Wildman–Crippen LogP) is 3.23. The summed E-state index contributed by atoms with van der Waals surface area (Å²) in [7, 11) is 0. The third-order valence-electron chi connectivity index (χ3n) is 4.54. The minimum atomic E-state index is -0.122. The molecule has 2 amide bonds. The molecule has 5 nitrogen and oxygen atoms in total. The number of carbonyl (C=O) groups is 1. The number of hydrogen-bond acceptors (Lipinski definition) is 3. The highest BCUT2D eigenvalue weighted by Crippen LogP contribution is 2.26. The summed E-state index contributed by atoms with van der Waals surface area (Å²) in [5, 5.41) is 2.85. The van der Waals surface area contributed by atoms with Crippen LogP contribution in [0.1, 0.15) is 24.0 Å². The second kappa shape index (κ2) is 6.01. The first kappa shape index (κ1) is 14.2. The number of fused-ring (bicyclic) bond motifs is 1. The molecule has 0 saturated carbocycles. The number of amides is 2. The van der Waals surface area contributed by atoms with Gasteiger partial charge < -0.3 is 0 Å². The molecular weight excluding hydrogens is 288 g/mol. The highest BCUT2D eigenvalue weighted by molar-refractivity contribution is 6.03. The van der Waals surface area contributed by atoms with Crippen molar-refractivity contribution in [3.63, 3.8) is 0 Å². The zero-order valence-electron chi connectivity index (χ0n) is 13.0. The first-order valence-electron chi connectivity index (χ1n) is 8.13. The molecule has 1 aromatic heterocycles. The summed E-state index contributed by atoms with van der Waals surface area (Å²) < 4.78 is 0. The fourth-order valence-corrected chi connectivity index (χ4v) is 3.28. The van der Waals surface area contributed by atoms with Gasteiger partial charge in [-0.1, -0.05) is 18.2 Å². The second-order valence-electron chi connectivity index (χ2n) is 6.18. The summed E-state index contributed by atoms with van der Waals surface area (Å²) in [6, 6.07) is 12.1. The first-order chi connectivity index (χ1) is 11.3. The van der Waals surface area contributed by atoms with E-state index in [2.05, 4.69) is 27.3 Å². The maximum atomic E-state index is 12.3. The summed E-state index contributed by atoms with van der Waals surface area (Å²) in [4.78, 5) is 20.7. The predicted molar refractivity (Wildman–Crippen MR) is 90.4 cm³/mol. The standard InChI is InChI=1S/C18H20N4O/c23-18-20-17-15(4-3-9-19-17)13-22(18)16-7-5-14(6-8-16)12-21-10-1-2-11-21/h3-9H,1-2,10-13H2,(H,19,20,23). The molecule has 0 spiro atoms. The van der Waals surface area contributed by atoms with Crippen LogP contribution in [0, 0.1) is 0 Å². The van der Waals surface area contributed by atoms with E-state index in [1.165, 1.54) is 31.5 Å². The molecule has 4 rings (SSSR count). The molecule has 2 aliphatic heterocycles. The normalized spacial score (nSPS) is 17.9. The van der Waals surface area contributed by atoms with Crippen molar-refractivity contribution < 1.29 is 4.79 Å². The van der Waals surface area contributed by atoms with Crippen LogP contribution in [-0.4, -0.2) is 29.0 Å². The topological polar surface area (TPSA) is 48.5 Å². The minimum absolute atomic E-state index is 0.122. The molecule has 5 heteroatoms. The van der Waals surface area contributed by atoms with Gasteiger partial charge in [0, 0.05) is 24.0 Å². The third-order valence-corrected chi connectivity index (χ3v) is 4.54. The number of hydrogen-bond donors (Lipinski definition) is 1. The average Bonchev–Trinajstić information content (AvgIpc) is 3.08. The Morgan fingerprint density at radius 2 is 1.87 bits per heavy atom. The molecule has 118 valence electrons. The van der Waals surface area contributed by atoms with E-state index < -0.39 is 0 Å². The van der Waals surface area contributed by atoms with Gasteiger partial charge >= 0.3 is 6.03 Å². The van der Waals surface area contributed by atoms with Crippen LogP contribution in [0.4, 0.5) is 16.3 Å². The number of aromatic nitrogens is 1. The number of nitrogens with zero attached hydrogens (tertiary/aromatic N) is 3. The monoisotopic (exact) mass is 308 g/mol. The highest BCUT2D eigenvalue weighted by Gasteiger charge is 2.24. The van der Waals surface area contributed by atoms with Gasteiger partial charge in [-0.2, -0.15) is 0 Å². The van der Waals surface area contributed by atoms with E-state index >= 15 is 0 Å². The fraction of sp³-hybridized carbons (Fsp3) is 0.333. The highest BCUT2D eigenvalue weighted by atomic mass is 16.2. The molecule has 1 N–H and O–H groups in total. The van der Waals surface area contributed by atoms with Crippen LogP contribution >= 0.6 is 0 Å². The molecule has 1 fully saturated rings. The molecule has 2 aromatic rings. The van der Waals surface area contributed by atoms with Gasteiger partial charge in [-0.05, 0) is 49.7 Å². The molecule has 0 atom stereocenters. The Bertz CT molecular complexity index is 707. The number of benzene rings is 1. The summed E-state index contributed by atoms with van der Waals surface area (Å²) in [6.07, 6.45) is 4.31. The number of carbonyl (C=O) groups excluding carboxylic acids is 1. The van der Waals surface area contributed by atoms with E-state index in [0.717, 1.165) is 17.8 Å². The Morgan fingerprint density at radius 1 is 1.09 bits per heavy atom. The Hall–Kier alpha value is -2.40. The molecule has 1 saturated heterocycles. The van der Waals surface area contributed by atoms with E-state index in [1.54, 1.807) is 11.1 Å². The van der Waals surface area contributed by atoms with Gasteiger partial charge in [-0.3, -0.25) is 15.1 Å². The number of nitrogens with one attached hydrogen (secondary N) is 1. The van der Waals surface area contributed by atoms with Crippen molar-refractivity contribution in [3.8, 4) is 0 Å². The van der Waals surface area contributed by atoms with E-state index in [4.69, 9.17) is 0 Å². The van der Waals surface area contributed by atoms with Crippen LogP contribution in [-0.2, 0) is 13.1 Å². The Labute approximate surface area is 135 Å². The second-order valence-corrected chi connectivity index (χ2v) is 6.18. The quantitative estimate of drug-likeness (QED) is 0.947. The largest absolute Gasteiger partial charge is 0.327 e. The van der Waals surface area contributed by atoms with Crippen LogP contribution in [0.5, 0.6) is 0 Å². The smallest absolute Gasteiger partial charge is 0.299 e. The molecular formula is C18H20N4O. The third kappa shape index (κ3) is 2.92. The Morgan fingerprint density at radius 3 is 2.65 bits per heavy atom. The van der Waals surface area contributed by atoms with E-state index in [1.807, 2.05) is 24.3 Å². The summed E-state index contributed by atoms with van der Waals surface area (Å²) in [5.41, 5.74) is 3.26. The van der Waals surface area contributed by atoms with Gasteiger partial charge in [-0.25, -0.2) is 9.78 Å². The van der Waals surface area contributed by atoms with Crippen LogP contribution in [0.2, 0.25) is 0 Å². The van der Waals surface area contributed by atoms with E-state index in [-0.39, 0.29) is 6.03 Å². The van der Waals surface area contributed by atoms with Gasteiger partial charge in [0.05, 0.1) is 6.54 Å². The number of anilines is 2. The molecule has 2 aliphatic rings.